The maximum Gasteiger partial charge on any atom is 0.217 e. The SMILES string of the molecule is CC(=O)N[C@H]1[C@H](OCCN)O[C@H](CO)[C@@H](O)[C@@H]1O.C[C@@H]1O[C@@H](OCCN)[C@@H](O)[C@H](O)[C@@H]1O.NCCO[C@H]1O[C@H](CO)[C@@H](O)[C@H](O)[C@@H]1O.NCCO[C@H]1O[C@H](CO)[C@@H](O)[C@H](O)[C@@H]1O[C@H]1O[C@H](CO)C(O)[C@H](O)[C@@H]1O.NCCO[C@H]1O[C@H](CO)[C@@H](O)[C@H](O)[C@H]1O.NCCO[C@H]1O[C@H](CO[C@H]2O[C@H](CO)[C@@H](O)[C@H](O)[C@@H]2O)[C@@H](O)[C@H](O[C@H]2O[C@H](CO)[C@@H](O)[C@H](O)[C@@H]2O)[C@@H]1O. The molecule has 0 spiro atoms. The molecule has 44 N–H and O–H groups in total. The lowest BCUT2D eigenvalue weighted by atomic mass is 9.96. The molecule has 1 unspecified atom stereocenters. The molecule has 9 heterocycles. The minimum absolute atomic E-state index is 0.0141. The summed E-state index contributed by atoms with van der Waals surface area (Å²) in [6, 6.07) is -0.910. The molecule has 1 amide bonds. The third-order valence-electron chi connectivity index (χ3n) is 20.2. The summed E-state index contributed by atoms with van der Waals surface area (Å²) in [6.45, 7) is 0.107. The van der Waals surface area contributed by atoms with Crippen molar-refractivity contribution in [3.63, 3.8) is 0 Å². The van der Waals surface area contributed by atoms with Crippen LogP contribution in [0.1, 0.15) is 13.8 Å². The van der Waals surface area contributed by atoms with Crippen LogP contribution in [-0.4, -0.2) is 572 Å². The van der Waals surface area contributed by atoms with E-state index in [4.69, 9.17) is 135 Å². The highest BCUT2D eigenvalue weighted by molar-refractivity contribution is 5.73. The molecule has 57 heteroatoms. The van der Waals surface area contributed by atoms with E-state index in [0.29, 0.717) is 6.54 Å². The molecule has 9 aliphatic rings. The van der Waals surface area contributed by atoms with Gasteiger partial charge in [0.1, 0.15) is 214 Å². The average molecular weight is 1850 g/mol. The van der Waals surface area contributed by atoms with Crippen LogP contribution in [0.5, 0.6) is 0 Å². The molecule has 9 saturated heterocycles. The number of nitrogens with one attached hydrogen (secondary N) is 1. The van der Waals surface area contributed by atoms with E-state index in [1.54, 1.807) is 6.92 Å². The van der Waals surface area contributed by atoms with Crippen molar-refractivity contribution in [2.24, 2.45) is 34.4 Å². The van der Waals surface area contributed by atoms with Crippen LogP contribution in [0.2, 0.25) is 0 Å². The Bertz CT molecular complexity index is 2800. The lowest BCUT2D eigenvalue weighted by Gasteiger charge is -2.46. The number of amides is 1. The molecule has 0 aromatic heterocycles. The molecule has 742 valence electrons. The smallest absolute Gasteiger partial charge is 0.217 e. The van der Waals surface area contributed by atoms with Crippen molar-refractivity contribution in [1.29, 1.82) is 0 Å². The van der Waals surface area contributed by atoms with E-state index in [1.165, 1.54) is 6.92 Å². The Morgan fingerprint density at radius 3 is 0.800 bits per heavy atom. The summed E-state index contributed by atoms with van der Waals surface area (Å²) in [5.41, 5.74) is 31.7. The lowest BCUT2D eigenvalue weighted by molar-refractivity contribution is -0.367. The van der Waals surface area contributed by atoms with Crippen molar-refractivity contribution >= 4 is 5.91 Å². The number of hydrogen-bond acceptors (Lipinski definition) is 56. The van der Waals surface area contributed by atoms with Crippen LogP contribution in [0.25, 0.3) is 0 Å². The fourth-order valence-electron chi connectivity index (χ4n) is 13.0. The summed E-state index contributed by atoms with van der Waals surface area (Å²) in [5.74, 6) is -0.390. The van der Waals surface area contributed by atoms with Crippen molar-refractivity contribution < 1.29 is 248 Å². The monoisotopic (exact) mass is 1850 g/mol. The quantitative estimate of drug-likeness (QED) is 0.0290. The van der Waals surface area contributed by atoms with E-state index in [-0.39, 0.29) is 72.4 Å². The van der Waals surface area contributed by atoms with Gasteiger partial charge in [0.2, 0.25) is 5.91 Å². The van der Waals surface area contributed by atoms with Crippen molar-refractivity contribution in [3.05, 3.63) is 0 Å². The molecule has 0 aromatic rings. The Morgan fingerprint density at radius 2 is 0.480 bits per heavy atom. The second-order valence-electron chi connectivity index (χ2n) is 29.3. The maximum atomic E-state index is 11.0. The van der Waals surface area contributed by atoms with Crippen LogP contribution in [0, 0.1) is 0 Å². The predicted octanol–water partition coefficient (Wildman–Crippen LogP) is -24.8. The number of ether oxygens (including phenoxy) is 18. The van der Waals surface area contributed by atoms with Gasteiger partial charge in [0.15, 0.2) is 56.6 Å². The first-order chi connectivity index (χ1) is 59.2. The van der Waals surface area contributed by atoms with E-state index >= 15 is 0 Å². The van der Waals surface area contributed by atoms with Gasteiger partial charge in [-0.25, -0.2) is 0 Å². The Balaban J connectivity index is 0.000000328. The zero-order valence-corrected chi connectivity index (χ0v) is 68.2. The topological polar surface area (TPSA) is 978 Å². The normalized spacial score (nSPS) is 44.6. The van der Waals surface area contributed by atoms with E-state index in [1.807, 2.05) is 0 Å². The van der Waals surface area contributed by atoms with Crippen LogP contribution < -0.4 is 39.7 Å². The molecular weight excluding hydrogens is 1710 g/mol. The molecule has 0 aliphatic carbocycles. The zero-order valence-electron chi connectivity index (χ0n) is 68.2. The van der Waals surface area contributed by atoms with Gasteiger partial charge in [-0.15, -0.1) is 0 Å². The van der Waals surface area contributed by atoms with Crippen molar-refractivity contribution in [1.82, 2.24) is 5.32 Å². The van der Waals surface area contributed by atoms with Crippen LogP contribution in [0.4, 0.5) is 0 Å². The molecule has 0 radical (unpaired) electrons. The van der Waals surface area contributed by atoms with Gasteiger partial charge in [-0.1, -0.05) is 0 Å². The van der Waals surface area contributed by atoms with Gasteiger partial charge in [0.25, 0.3) is 0 Å². The van der Waals surface area contributed by atoms with Gasteiger partial charge in [0.05, 0.1) is 98.6 Å². The van der Waals surface area contributed by atoms with Crippen LogP contribution in [0.15, 0.2) is 0 Å². The Kier molecular flexibility index (Phi) is 52.9. The van der Waals surface area contributed by atoms with Gasteiger partial charge in [0, 0.05) is 46.2 Å². The first-order valence-electron chi connectivity index (χ1n) is 39.8. The minimum atomic E-state index is -1.83. The highest BCUT2D eigenvalue weighted by Gasteiger charge is 2.56. The third kappa shape index (κ3) is 32.0. The number of hydrogen-bond donors (Lipinski definition) is 38. The summed E-state index contributed by atoms with van der Waals surface area (Å²) >= 11 is 0. The summed E-state index contributed by atoms with van der Waals surface area (Å²) in [7, 11) is 0. The second kappa shape index (κ2) is 57.8. The number of aliphatic hydroxyl groups is 31. The van der Waals surface area contributed by atoms with Crippen LogP contribution >= 0.6 is 0 Å². The standard InChI is InChI=1S/C20H37NO16.C14H27NO11.C10H20N2O6.2C8H17NO6.C8H17NO5/c21-1-2-32-19-16(31)17(37-20-15(30)13(28)10(25)7(4-23)35-20)11(26)8(36-19)5-33-18-14(29)12(27)9(24)6(3-22)34-18;15-1-2-23-14-12(10(21)8(19)6(4-17)25-14)26-13-11(22)9(20)7(18)5(3-16)24-13;1-5(14)12-7-9(16)8(15)6(4-13)18-10(7)17-3-2-11;2*9-1-2-14-8-7(13)6(12)5(11)4(3-10)15-8;1-4-5(10)6(11)7(12)8(14-4)13-3-2-9/h6-20,22-31H,1-5,21H2;5-14,16-22H,1-4,15H2;6-10,13,15-16H,2-4,11H2,1H3,(H,12,14);2*4-8,10-13H,1-3,9H2;4-8,10-12H,2-3,9H2,1H3/t6-,7-,8-,9-,10-,11-,12+,13+,14+,15+,16+,17+,18+,19+,20-;5-,6-,7?,8-,9+,10+,11+,12+,13-,14+;6-,7-,8-,9-,10-;4-,5-,6+,7+,8+;4-,5-,6+,7-,8+;4-,5+,6+,7-,8+/m111110/s1. The highest BCUT2D eigenvalue weighted by Crippen LogP contribution is 2.35. The largest absolute Gasteiger partial charge is 0.394 e. The second-order valence-corrected chi connectivity index (χ2v) is 29.3. The zero-order chi connectivity index (χ0) is 94.1. The first kappa shape index (κ1) is 115. The molecule has 9 aliphatic heterocycles. The third-order valence-corrected chi connectivity index (χ3v) is 20.2. The summed E-state index contributed by atoms with van der Waals surface area (Å²) in [5, 5.41) is 302. The number of nitrogens with two attached hydrogens (primary N) is 6. The van der Waals surface area contributed by atoms with Gasteiger partial charge in [-0.3, -0.25) is 4.79 Å². The predicted molar refractivity (Wildman–Crippen MR) is 401 cm³/mol. The lowest BCUT2D eigenvalue weighted by Crippen LogP contribution is -2.65. The van der Waals surface area contributed by atoms with Crippen LogP contribution in [0.3, 0.4) is 0 Å². The molecule has 9 rings (SSSR count). The highest BCUT2D eigenvalue weighted by atomic mass is 16.8. The molecule has 125 heavy (non-hydrogen) atoms. The van der Waals surface area contributed by atoms with Crippen LogP contribution in [-0.2, 0) is 90.1 Å². The first-order valence-corrected chi connectivity index (χ1v) is 39.8. The van der Waals surface area contributed by atoms with Gasteiger partial charge >= 0.3 is 0 Å². The molecular formula is C68H135N7O50. The van der Waals surface area contributed by atoms with E-state index in [0.717, 1.165) is 0 Å². The number of rotatable bonds is 33. The Labute approximate surface area is 714 Å². The minimum Gasteiger partial charge on any atom is -0.394 e. The van der Waals surface area contributed by atoms with E-state index in [2.05, 4.69) is 5.32 Å². The van der Waals surface area contributed by atoms with Crippen molar-refractivity contribution in [2.75, 3.05) is 132 Å². The van der Waals surface area contributed by atoms with Gasteiger partial charge in [-0.2, -0.15) is 0 Å². The van der Waals surface area contributed by atoms with E-state index in [9.17, 15) is 148 Å². The molecule has 9 fully saturated rings. The molecule has 0 bridgehead atoms. The Morgan fingerprint density at radius 1 is 0.248 bits per heavy atom. The fraction of sp³-hybridized carbons (Fsp3) is 0.985. The molecule has 45 atom stereocenters. The number of carbonyl (C=O) groups is 1. The van der Waals surface area contributed by atoms with E-state index < -0.39 is 335 Å². The number of carbonyl (C=O) groups excluding carboxylic acids is 1. The van der Waals surface area contributed by atoms with Crippen molar-refractivity contribution in [3.8, 4) is 0 Å². The fourth-order valence-corrected chi connectivity index (χ4v) is 13.0. The maximum absolute atomic E-state index is 11.0. The summed E-state index contributed by atoms with van der Waals surface area (Å²) < 4.78 is 94.6. The molecule has 57 nitrogen and oxygen atoms in total. The summed E-state index contributed by atoms with van der Waals surface area (Å²) in [6.07, 6.45) is -60.4. The number of aliphatic hydroxyl groups excluding tert-OH is 31. The summed E-state index contributed by atoms with van der Waals surface area (Å²) in [4.78, 5) is 11.0. The van der Waals surface area contributed by atoms with Crippen molar-refractivity contribution in [2.45, 2.75) is 290 Å². The van der Waals surface area contributed by atoms with Gasteiger partial charge in [-0.05, 0) is 6.92 Å². The average Bonchev–Trinajstić information content (AvgIpc) is 0.768. The molecule has 0 saturated carbocycles. The molecule has 0 aromatic carbocycles. The van der Waals surface area contributed by atoms with Gasteiger partial charge < -0.3 is 283 Å². The Hall–Kier alpha value is -2.73.